The molecule has 2 heterocycles. The van der Waals surface area contributed by atoms with Crippen LogP contribution in [0.2, 0.25) is 0 Å². The van der Waals surface area contributed by atoms with Gasteiger partial charge >= 0.3 is 17.9 Å². The number of rotatable bonds is 3. The Morgan fingerprint density at radius 1 is 0.667 bits per heavy atom. The van der Waals surface area contributed by atoms with Crippen molar-refractivity contribution in [2.45, 2.75) is 30.7 Å². The van der Waals surface area contributed by atoms with Crippen molar-refractivity contribution in [3.63, 3.8) is 0 Å². The van der Waals surface area contributed by atoms with E-state index >= 15 is 0 Å². The molecule has 18 heteroatoms. The Kier molecular flexibility index (Phi) is 7.49. The lowest BCUT2D eigenvalue weighted by Crippen LogP contribution is -2.62. The van der Waals surface area contributed by atoms with Gasteiger partial charge in [-0.2, -0.15) is 0 Å². The summed E-state index contributed by atoms with van der Waals surface area (Å²) in [7, 11) is 0. The number of phenolic OH excluding ortho intramolecular Hbond substituents is 9. The molecule has 5 rings (SSSR count). The van der Waals surface area contributed by atoms with Crippen LogP contribution >= 0.6 is 0 Å². The molecule has 0 spiro atoms. The van der Waals surface area contributed by atoms with Crippen molar-refractivity contribution in [3.05, 3.63) is 41.0 Å². The van der Waals surface area contributed by atoms with Gasteiger partial charge in [0, 0.05) is 11.1 Å². The molecule has 5 unspecified atom stereocenters. The third-order valence-electron chi connectivity index (χ3n) is 7.01. The van der Waals surface area contributed by atoms with E-state index in [1.165, 1.54) is 0 Å². The first-order chi connectivity index (χ1) is 21.2. The van der Waals surface area contributed by atoms with Crippen LogP contribution < -0.4 is 0 Å². The summed E-state index contributed by atoms with van der Waals surface area (Å²) < 4.78 is 21.3. The number of hydrogen-bond acceptors (Lipinski definition) is 18. The average molecular weight is 634 g/mol. The molecule has 1 saturated heterocycles. The lowest BCUT2D eigenvalue weighted by Gasteiger charge is -2.42. The molecule has 11 N–H and O–H groups in total. The summed E-state index contributed by atoms with van der Waals surface area (Å²) in [6.45, 7) is -0.999. The molecule has 238 valence electrons. The monoisotopic (exact) mass is 634 g/mol. The van der Waals surface area contributed by atoms with Gasteiger partial charge in [-0.3, -0.25) is 0 Å². The molecule has 3 aromatic carbocycles. The van der Waals surface area contributed by atoms with Gasteiger partial charge in [0.05, 0.1) is 23.3 Å². The van der Waals surface area contributed by atoms with E-state index in [2.05, 4.69) is 0 Å². The van der Waals surface area contributed by atoms with E-state index < -0.39 is 135 Å². The van der Waals surface area contributed by atoms with Crippen LogP contribution in [0.15, 0.2) is 24.3 Å². The SMILES string of the molecule is O=C(OC1OC(CO)C(O)C2OC(=O)c3cc(O)c(O)c(O)c3-c3c(cc(O)c(O)c3O)C(=O)OC12)c1cc(O)c(O)c(O)c1. The summed E-state index contributed by atoms with van der Waals surface area (Å²) in [5.41, 5.74) is -4.17. The van der Waals surface area contributed by atoms with E-state index in [1.54, 1.807) is 0 Å². The molecule has 2 aliphatic rings. The maximum Gasteiger partial charge on any atom is 0.340 e. The first kappa shape index (κ1) is 30.6. The predicted molar refractivity (Wildman–Crippen MR) is 139 cm³/mol. The summed E-state index contributed by atoms with van der Waals surface area (Å²) in [5.74, 6) is -14.7. The Morgan fingerprint density at radius 2 is 1.11 bits per heavy atom. The highest BCUT2D eigenvalue weighted by molar-refractivity contribution is 6.08. The van der Waals surface area contributed by atoms with Gasteiger partial charge in [-0.15, -0.1) is 0 Å². The Morgan fingerprint density at radius 3 is 1.58 bits per heavy atom. The maximum absolute atomic E-state index is 13.6. The number of ether oxygens (including phenoxy) is 4. The van der Waals surface area contributed by atoms with E-state index in [-0.39, 0.29) is 0 Å². The number of hydrogen-bond donors (Lipinski definition) is 11. The van der Waals surface area contributed by atoms with Gasteiger partial charge in [0.15, 0.2) is 46.4 Å². The number of carbonyl (C=O) groups excluding carboxylic acids is 3. The quantitative estimate of drug-likeness (QED) is 0.100. The van der Waals surface area contributed by atoms with Crippen LogP contribution in [0, 0.1) is 0 Å². The lowest BCUT2D eigenvalue weighted by molar-refractivity contribution is -0.283. The predicted octanol–water partition coefficient (Wildman–Crippen LogP) is -0.297. The van der Waals surface area contributed by atoms with Crippen LogP contribution in [0.5, 0.6) is 51.7 Å². The van der Waals surface area contributed by atoms with Crippen molar-refractivity contribution >= 4 is 17.9 Å². The highest BCUT2D eigenvalue weighted by Gasteiger charge is 2.52. The van der Waals surface area contributed by atoms with Gasteiger partial charge in [0.1, 0.15) is 12.2 Å². The number of aliphatic hydroxyl groups is 2. The van der Waals surface area contributed by atoms with Gasteiger partial charge in [-0.05, 0) is 24.3 Å². The average Bonchev–Trinajstić information content (AvgIpc) is 2.99. The van der Waals surface area contributed by atoms with E-state index in [9.17, 15) is 70.6 Å². The Bertz CT molecular complexity index is 1730. The van der Waals surface area contributed by atoms with Crippen LogP contribution in [0.1, 0.15) is 31.1 Å². The zero-order valence-corrected chi connectivity index (χ0v) is 22.2. The number of esters is 3. The second-order valence-corrected chi connectivity index (χ2v) is 9.76. The normalized spacial score (nSPS) is 22.7. The van der Waals surface area contributed by atoms with E-state index in [0.717, 1.165) is 0 Å². The number of benzene rings is 3. The molecule has 0 radical (unpaired) electrons. The fourth-order valence-electron chi connectivity index (χ4n) is 4.78. The molecule has 1 fully saturated rings. The van der Waals surface area contributed by atoms with Gasteiger partial charge in [0.25, 0.3) is 0 Å². The minimum Gasteiger partial charge on any atom is -0.504 e. The molecule has 18 nitrogen and oxygen atoms in total. The van der Waals surface area contributed by atoms with Crippen molar-refractivity contribution in [1.29, 1.82) is 0 Å². The van der Waals surface area contributed by atoms with Crippen molar-refractivity contribution in [2.75, 3.05) is 6.61 Å². The summed E-state index contributed by atoms with van der Waals surface area (Å²) >= 11 is 0. The largest absolute Gasteiger partial charge is 0.504 e. The van der Waals surface area contributed by atoms with Crippen molar-refractivity contribution in [3.8, 4) is 62.9 Å². The van der Waals surface area contributed by atoms with Gasteiger partial charge in [0.2, 0.25) is 23.9 Å². The van der Waals surface area contributed by atoms with Gasteiger partial charge in [-0.1, -0.05) is 0 Å². The molecule has 0 amide bonds. The van der Waals surface area contributed by atoms with Crippen molar-refractivity contribution < 1.29 is 89.5 Å². The molecule has 0 bridgehead atoms. The topological polar surface area (TPSA) is 311 Å². The van der Waals surface area contributed by atoms with Crippen LogP contribution in [0.4, 0.5) is 0 Å². The molecule has 3 aromatic rings. The van der Waals surface area contributed by atoms with Crippen molar-refractivity contribution in [1.82, 2.24) is 0 Å². The van der Waals surface area contributed by atoms with E-state index in [1.807, 2.05) is 0 Å². The fourth-order valence-corrected chi connectivity index (χ4v) is 4.78. The zero-order chi connectivity index (χ0) is 33.1. The lowest BCUT2D eigenvalue weighted by atomic mass is 9.91. The first-order valence-corrected chi connectivity index (χ1v) is 12.5. The van der Waals surface area contributed by atoms with Crippen molar-refractivity contribution in [2.24, 2.45) is 0 Å². The Labute approximate surface area is 248 Å². The van der Waals surface area contributed by atoms with Crippen LogP contribution in [0.25, 0.3) is 11.1 Å². The molecule has 0 saturated carbocycles. The highest BCUT2D eigenvalue weighted by Crippen LogP contribution is 2.53. The minimum absolute atomic E-state index is 0.529. The third-order valence-corrected chi connectivity index (χ3v) is 7.01. The second kappa shape index (κ2) is 11.0. The Balaban J connectivity index is 1.68. The van der Waals surface area contributed by atoms with Gasteiger partial charge < -0.3 is 75.1 Å². The molecule has 0 aliphatic carbocycles. The summed E-state index contributed by atoms with van der Waals surface area (Å²) in [4.78, 5) is 40.0. The highest BCUT2D eigenvalue weighted by atomic mass is 16.7. The standard InChI is InChI=1S/C27H22O18/c28-5-13-19(36)22-23(27(42-13)45-24(39)6-1-9(29)16(33)10(30)2-6)44-26(41)8-4-12(32)18(35)21(38)15(8)14-7(25(40)43-22)3-11(31)17(34)20(14)37/h1-4,13,19,22-23,27-38H,5H2. The van der Waals surface area contributed by atoms with E-state index in [4.69, 9.17) is 18.9 Å². The number of carbonyl (C=O) groups is 3. The number of aliphatic hydroxyl groups excluding tert-OH is 2. The first-order valence-electron chi connectivity index (χ1n) is 12.5. The van der Waals surface area contributed by atoms with Gasteiger partial charge in [-0.25, -0.2) is 14.4 Å². The smallest absolute Gasteiger partial charge is 0.340 e. The summed E-state index contributed by atoms with van der Waals surface area (Å²) in [6.07, 6.45) is -10.1. The van der Waals surface area contributed by atoms with E-state index in [0.29, 0.717) is 24.3 Å². The minimum atomic E-state index is -2.15. The fraction of sp³-hybridized carbons (Fsp3) is 0.222. The molecular weight excluding hydrogens is 612 g/mol. The molecule has 2 aliphatic heterocycles. The second-order valence-electron chi connectivity index (χ2n) is 9.76. The summed E-state index contributed by atoms with van der Waals surface area (Å²) in [6, 6.07) is 2.42. The number of fused-ring (bicyclic) bond motifs is 4. The van der Waals surface area contributed by atoms with Crippen LogP contribution in [0.3, 0.4) is 0 Å². The molecule has 0 aromatic heterocycles. The maximum atomic E-state index is 13.6. The number of aromatic hydroxyl groups is 9. The van der Waals surface area contributed by atoms with Crippen LogP contribution in [-0.2, 0) is 18.9 Å². The molecular formula is C27H22O18. The number of phenols is 9. The zero-order valence-electron chi connectivity index (χ0n) is 22.2. The van der Waals surface area contributed by atoms with Crippen LogP contribution in [-0.4, -0.2) is 111 Å². The Hall–Kier alpha value is -5.85. The summed E-state index contributed by atoms with van der Waals surface area (Å²) in [5, 5.41) is 112. The molecule has 45 heavy (non-hydrogen) atoms. The molecule has 5 atom stereocenters. The third kappa shape index (κ3) is 4.97.